The molecule has 2 aromatic carbocycles. The third kappa shape index (κ3) is 1.58. The Morgan fingerprint density at radius 1 is 1.05 bits per heavy atom. The first-order valence-electron chi connectivity index (χ1n) is 6.33. The van der Waals surface area contributed by atoms with Gasteiger partial charge in [0.15, 0.2) is 17.3 Å². The number of hydrogen-bond donors (Lipinski definition) is 1. The van der Waals surface area contributed by atoms with Crippen molar-refractivity contribution in [1.29, 1.82) is 0 Å². The zero-order valence-electron chi connectivity index (χ0n) is 10.6. The third-order valence-electron chi connectivity index (χ3n) is 3.47. The first-order valence-corrected chi connectivity index (χ1v) is 6.33. The summed E-state index contributed by atoms with van der Waals surface area (Å²) in [6.45, 7) is 0.208. The number of hydrogen-bond acceptors (Lipinski definition) is 3. The van der Waals surface area contributed by atoms with Gasteiger partial charge < -0.3 is 14.5 Å². The highest BCUT2D eigenvalue weighted by atomic mass is 16.7. The summed E-state index contributed by atoms with van der Waals surface area (Å²) < 4.78 is 10.6. The smallest absolute Gasteiger partial charge is 0.231 e. The van der Waals surface area contributed by atoms with E-state index in [-0.39, 0.29) is 12.6 Å². The molecule has 98 valence electrons. The van der Waals surface area contributed by atoms with Crippen LogP contribution in [0.2, 0.25) is 0 Å². The average molecular weight is 265 g/mol. The Bertz CT molecular complexity index is 819. The minimum Gasteiger partial charge on any atom is -0.454 e. The molecule has 0 bridgehead atoms. The Labute approximate surface area is 114 Å². The topological polar surface area (TPSA) is 51.3 Å². The molecule has 1 aliphatic heterocycles. The number of ether oxygens (including phenoxy) is 2. The van der Waals surface area contributed by atoms with E-state index in [0.717, 1.165) is 10.9 Å². The van der Waals surface area contributed by atoms with Crippen LogP contribution in [0.3, 0.4) is 0 Å². The molecule has 0 fully saturated rings. The van der Waals surface area contributed by atoms with Gasteiger partial charge >= 0.3 is 0 Å². The number of nitrogens with one attached hydrogen (secondary N) is 1. The minimum absolute atomic E-state index is 0.0312. The number of para-hydroxylation sites is 1. The fraction of sp³-hybridized carbons (Fsp3) is 0.0625. The molecule has 4 nitrogen and oxygen atoms in total. The fourth-order valence-electron chi connectivity index (χ4n) is 2.47. The second-order valence-corrected chi connectivity index (χ2v) is 4.64. The minimum atomic E-state index is -0.0312. The van der Waals surface area contributed by atoms with Crippen molar-refractivity contribution in [1.82, 2.24) is 4.98 Å². The maximum absolute atomic E-state index is 12.6. The highest BCUT2D eigenvalue weighted by Gasteiger charge is 2.18. The van der Waals surface area contributed by atoms with Crippen LogP contribution < -0.4 is 9.47 Å². The van der Waals surface area contributed by atoms with Crippen LogP contribution in [-0.2, 0) is 0 Å². The maximum Gasteiger partial charge on any atom is 0.231 e. The number of carbonyl (C=O) groups is 1. The van der Waals surface area contributed by atoms with Gasteiger partial charge in [0, 0.05) is 22.7 Å². The van der Waals surface area contributed by atoms with Gasteiger partial charge in [-0.05, 0) is 30.3 Å². The summed E-state index contributed by atoms with van der Waals surface area (Å²) in [6.07, 6.45) is 1.83. The van der Waals surface area contributed by atoms with Crippen LogP contribution in [0.25, 0.3) is 10.9 Å². The Hall–Kier alpha value is -2.75. The lowest BCUT2D eigenvalue weighted by molar-refractivity contribution is 0.103. The van der Waals surface area contributed by atoms with Crippen molar-refractivity contribution >= 4 is 16.7 Å². The van der Waals surface area contributed by atoms with Gasteiger partial charge in [0.25, 0.3) is 0 Å². The van der Waals surface area contributed by atoms with E-state index in [1.807, 2.05) is 30.5 Å². The Morgan fingerprint density at radius 2 is 1.95 bits per heavy atom. The Morgan fingerprint density at radius 3 is 2.90 bits per heavy atom. The molecule has 1 aromatic heterocycles. The molecule has 2 heterocycles. The van der Waals surface area contributed by atoms with Crippen LogP contribution in [0.1, 0.15) is 15.9 Å². The SMILES string of the molecule is O=C(c1ccc2c(c1)OCO2)c1cccc2cc[nH]c12. The lowest BCUT2D eigenvalue weighted by Crippen LogP contribution is -2.02. The van der Waals surface area contributed by atoms with Crippen molar-refractivity contribution in [2.24, 2.45) is 0 Å². The van der Waals surface area contributed by atoms with Crippen LogP contribution in [-0.4, -0.2) is 17.6 Å². The number of rotatable bonds is 2. The van der Waals surface area contributed by atoms with Crippen molar-refractivity contribution in [3.8, 4) is 11.5 Å². The molecular formula is C16H11NO3. The van der Waals surface area contributed by atoms with Gasteiger partial charge in [-0.15, -0.1) is 0 Å². The number of carbonyl (C=O) groups excluding carboxylic acids is 1. The van der Waals surface area contributed by atoms with Crippen LogP contribution in [0.15, 0.2) is 48.7 Å². The van der Waals surface area contributed by atoms with E-state index >= 15 is 0 Å². The van der Waals surface area contributed by atoms with Crippen LogP contribution in [0.4, 0.5) is 0 Å². The summed E-state index contributed by atoms with van der Waals surface area (Å²) in [5.74, 6) is 1.27. The molecule has 0 spiro atoms. The number of H-pyrrole nitrogens is 1. The van der Waals surface area contributed by atoms with Crippen molar-refractivity contribution < 1.29 is 14.3 Å². The van der Waals surface area contributed by atoms with Gasteiger partial charge in [0.1, 0.15) is 0 Å². The van der Waals surface area contributed by atoms with Gasteiger partial charge in [-0.3, -0.25) is 4.79 Å². The van der Waals surface area contributed by atoms with E-state index in [1.165, 1.54) is 0 Å². The lowest BCUT2D eigenvalue weighted by Gasteiger charge is -2.04. The Balaban J connectivity index is 1.82. The molecule has 0 atom stereocenters. The normalized spacial score (nSPS) is 12.8. The number of benzene rings is 2. The molecule has 4 heteroatoms. The highest BCUT2D eigenvalue weighted by Crippen LogP contribution is 2.33. The second kappa shape index (κ2) is 4.13. The molecule has 4 rings (SSSR count). The molecule has 0 amide bonds. The third-order valence-corrected chi connectivity index (χ3v) is 3.47. The van der Waals surface area contributed by atoms with E-state index < -0.39 is 0 Å². The number of aromatic nitrogens is 1. The quantitative estimate of drug-likeness (QED) is 0.724. The van der Waals surface area contributed by atoms with E-state index in [2.05, 4.69) is 4.98 Å². The van der Waals surface area contributed by atoms with Gasteiger partial charge in [0.05, 0.1) is 5.52 Å². The molecule has 20 heavy (non-hydrogen) atoms. The molecule has 0 saturated carbocycles. The summed E-state index contributed by atoms with van der Waals surface area (Å²) in [5.41, 5.74) is 2.11. The van der Waals surface area contributed by atoms with E-state index in [1.54, 1.807) is 18.2 Å². The van der Waals surface area contributed by atoms with E-state index in [0.29, 0.717) is 22.6 Å². The standard InChI is InChI=1S/C16H11NO3/c18-16(11-4-5-13-14(8-11)20-9-19-13)12-3-1-2-10-6-7-17-15(10)12/h1-8,17H,9H2. The number of fused-ring (bicyclic) bond motifs is 2. The maximum atomic E-state index is 12.6. The summed E-state index contributed by atoms with van der Waals surface area (Å²) in [7, 11) is 0. The van der Waals surface area contributed by atoms with E-state index in [9.17, 15) is 4.79 Å². The zero-order valence-corrected chi connectivity index (χ0v) is 10.6. The predicted octanol–water partition coefficient (Wildman–Crippen LogP) is 3.13. The first-order chi connectivity index (χ1) is 9.83. The fourth-order valence-corrected chi connectivity index (χ4v) is 2.47. The highest BCUT2D eigenvalue weighted by molar-refractivity contribution is 6.15. The number of aromatic amines is 1. The van der Waals surface area contributed by atoms with Gasteiger partial charge in [0.2, 0.25) is 6.79 Å². The van der Waals surface area contributed by atoms with Crippen molar-refractivity contribution in [2.75, 3.05) is 6.79 Å². The van der Waals surface area contributed by atoms with Crippen molar-refractivity contribution in [3.63, 3.8) is 0 Å². The summed E-state index contributed by atoms with van der Waals surface area (Å²) >= 11 is 0. The molecule has 0 radical (unpaired) electrons. The predicted molar refractivity (Wildman–Crippen MR) is 74.3 cm³/mol. The van der Waals surface area contributed by atoms with Crippen molar-refractivity contribution in [3.05, 3.63) is 59.8 Å². The molecular weight excluding hydrogens is 254 g/mol. The van der Waals surface area contributed by atoms with Crippen molar-refractivity contribution in [2.45, 2.75) is 0 Å². The lowest BCUT2D eigenvalue weighted by atomic mass is 10.0. The average Bonchev–Trinajstić information content (AvgIpc) is 3.13. The molecule has 3 aromatic rings. The summed E-state index contributed by atoms with van der Waals surface area (Å²) in [4.78, 5) is 15.8. The second-order valence-electron chi connectivity index (χ2n) is 4.64. The van der Waals surface area contributed by atoms with Crippen LogP contribution in [0.5, 0.6) is 11.5 Å². The van der Waals surface area contributed by atoms with Crippen LogP contribution >= 0.6 is 0 Å². The molecule has 0 unspecified atom stereocenters. The summed E-state index contributed by atoms with van der Waals surface area (Å²) in [5, 5.41) is 1.02. The Kier molecular flexibility index (Phi) is 2.29. The number of ketones is 1. The summed E-state index contributed by atoms with van der Waals surface area (Å²) in [6, 6.07) is 12.9. The van der Waals surface area contributed by atoms with E-state index in [4.69, 9.17) is 9.47 Å². The molecule has 0 aliphatic carbocycles. The van der Waals surface area contributed by atoms with Gasteiger partial charge in [-0.25, -0.2) is 0 Å². The van der Waals surface area contributed by atoms with Crippen LogP contribution in [0, 0.1) is 0 Å². The largest absolute Gasteiger partial charge is 0.454 e. The monoisotopic (exact) mass is 265 g/mol. The molecule has 1 N–H and O–H groups in total. The first kappa shape index (κ1) is 11.1. The zero-order chi connectivity index (χ0) is 13.5. The molecule has 0 saturated heterocycles. The molecule has 1 aliphatic rings. The van der Waals surface area contributed by atoms with Gasteiger partial charge in [-0.2, -0.15) is 0 Å². The van der Waals surface area contributed by atoms with Gasteiger partial charge in [-0.1, -0.05) is 12.1 Å².